The van der Waals surface area contributed by atoms with Crippen molar-refractivity contribution in [3.8, 4) is 5.75 Å². The summed E-state index contributed by atoms with van der Waals surface area (Å²) in [4.78, 5) is 25.6. The molecule has 124 valence electrons. The summed E-state index contributed by atoms with van der Waals surface area (Å²) in [5, 5.41) is 11.6. The zero-order valence-corrected chi connectivity index (χ0v) is 12.5. The molecule has 2 amide bonds. The van der Waals surface area contributed by atoms with E-state index >= 15 is 0 Å². The van der Waals surface area contributed by atoms with Crippen LogP contribution >= 0.6 is 11.3 Å². The number of halogens is 3. The first-order valence-electron chi connectivity index (χ1n) is 6.49. The van der Waals surface area contributed by atoms with E-state index in [2.05, 4.69) is 4.74 Å². The normalized spacial score (nSPS) is 15.4. The fraction of sp³-hybridized carbons (Fsp3) is 0.0667. The molecule has 2 heterocycles. The predicted molar refractivity (Wildman–Crippen MR) is 79.5 cm³/mol. The van der Waals surface area contributed by atoms with Gasteiger partial charge in [0.15, 0.2) is 5.76 Å². The van der Waals surface area contributed by atoms with Crippen LogP contribution in [0.2, 0.25) is 0 Å². The summed E-state index contributed by atoms with van der Waals surface area (Å²) in [5.74, 6) is -3.15. The summed E-state index contributed by atoms with van der Waals surface area (Å²) in [7, 11) is 0. The minimum atomic E-state index is -4.90. The molecule has 5 nitrogen and oxygen atoms in total. The van der Waals surface area contributed by atoms with Gasteiger partial charge in [-0.25, -0.2) is 4.90 Å². The van der Waals surface area contributed by atoms with Crippen molar-refractivity contribution in [2.24, 2.45) is 0 Å². The average Bonchev–Trinajstić information content (AvgIpc) is 3.06. The molecule has 0 unspecified atom stereocenters. The molecule has 24 heavy (non-hydrogen) atoms. The third-order valence-electron chi connectivity index (χ3n) is 3.14. The highest BCUT2D eigenvalue weighted by atomic mass is 32.1. The Morgan fingerprint density at radius 1 is 1.08 bits per heavy atom. The summed E-state index contributed by atoms with van der Waals surface area (Å²) < 4.78 is 40.7. The zero-order chi connectivity index (χ0) is 17.5. The Hall–Kier alpha value is -2.81. The molecule has 0 bridgehead atoms. The first kappa shape index (κ1) is 16.1. The Balaban J connectivity index is 1.96. The Kier molecular flexibility index (Phi) is 3.80. The van der Waals surface area contributed by atoms with Gasteiger partial charge in [0.25, 0.3) is 5.91 Å². The number of thiophene rings is 1. The van der Waals surface area contributed by atoms with Crippen LogP contribution in [0.5, 0.6) is 5.75 Å². The van der Waals surface area contributed by atoms with Gasteiger partial charge in [0.1, 0.15) is 11.3 Å². The minimum Gasteiger partial charge on any atom is -0.502 e. The molecule has 0 atom stereocenters. The third kappa shape index (κ3) is 2.85. The van der Waals surface area contributed by atoms with Gasteiger partial charge < -0.3 is 9.84 Å². The molecule has 1 aliphatic rings. The van der Waals surface area contributed by atoms with E-state index in [4.69, 9.17) is 0 Å². The van der Waals surface area contributed by atoms with Crippen LogP contribution < -0.4 is 9.64 Å². The van der Waals surface area contributed by atoms with Crippen LogP contribution in [0, 0.1) is 0 Å². The standard InChI is InChI=1S/C15H8F3NO4S/c16-15(17,18)23-9-4-1-3-8(7-9)19-13(21)11(12(20)14(19)22)10-5-2-6-24-10/h1-7,20H. The van der Waals surface area contributed by atoms with E-state index in [0.29, 0.717) is 9.78 Å². The lowest BCUT2D eigenvalue weighted by Gasteiger charge is -2.16. The number of hydrogen-bond donors (Lipinski definition) is 1. The molecule has 0 fully saturated rings. The van der Waals surface area contributed by atoms with Crippen molar-refractivity contribution in [3.05, 3.63) is 52.4 Å². The molecular formula is C15H8F3NO4S. The maximum Gasteiger partial charge on any atom is 0.573 e. The number of carbonyl (C=O) groups is 2. The molecule has 0 saturated heterocycles. The van der Waals surface area contributed by atoms with E-state index in [-0.39, 0.29) is 11.3 Å². The number of carbonyl (C=O) groups excluding carboxylic acids is 2. The second kappa shape index (κ2) is 5.68. The summed E-state index contributed by atoms with van der Waals surface area (Å²) in [6.07, 6.45) is -4.90. The third-order valence-corrected chi connectivity index (χ3v) is 4.02. The second-order valence-corrected chi connectivity index (χ2v) is 5.64. The lowest BCUT2D eigenvalue weighted by Crippen LogP contribution is -2.31. The molecule has 0 aliphatic carbocycles. The van der Waals surface area contributed by atoms with Crippen molar-refractivity contribution >= 4 is 34.4 Å². The van der Waals surface area contributed by atoms with Crippen molar-refractivity contribution in [1.29, 1.82) is 0 Å². The van der Waals surface area contributed by atoms with E-state index in [9.17, 15) is 27.9 Å². The molecule has 3 rings (SSSR count). The fourth-order valence-electron chi connectivity index (χ4n) is 2.22. The monoisotopic (exact) mass is 355 g/mol. The van der Waals surface area contributed by atoms with Crippen molar-refractivity contribution in [1.82, 2.24) is 0 Å². The lowest BCUT2D eigenvalue weighted by atomic mass is 10.2. The first-order chi connectivity index (χ1) is 11.3. The quantitative estimate of drug-likeness (QED) is 0.856. The van der Waals surface area contributed by atoms with E-state index in [1.165, 1.54) is 12.1 Å². The van der Waals surface area contributed by atoms with E-state index in [1.807, 2.05) is 0 Å². The topological polar surface area (TPSA) is 66.8 Å². The number of ether oxygens (including phenoxy) is 1. The average molecular weight is 355 g/mol. The molecule has 2 aromatic rings. The van der Waals surface area contributed by atoms with Crippen LogP contribution in [0.4, 0.5) is 18.9 Å². The molecule has 1 aromatic heterocycles. The van der Waals surface area contributed by atoms with Crippen molar-refractivity contribution in [2.75, 3.05) is 4.90 Å². The van der Waals surface area contributed by atoms with Gasteiger partial charge in [-0.2, -0.15) is 0 Å². The van der Waals surface area contributed by atoms with Gasteiger partial charge >= 0.3 is 12.3 Å². The number of aliphatic hydroxyl groups excluding tert-OH is 1. The van der Waals surface area contributed by atoms with Crippen LogP contribution in [0.3, 0.4) is 0 Å². The Bertz CT molecular complexity index is 843. The van der Waals surface area contributed by atoms with Gasteiger partial charge in [-0.1, -0.05) is 12.1 Å². The van der Waals surface area contributed by atoms with Crippen molar-refractivity contribution in [2.45, 2.75) is 6.36 Å². The maximum absolute atomic E-state index is 12.5. The van der Waals surface area contributed by atoms with Crippen molar-refractivity contribution in [3.63, 3.8) is 0 Å². The summed E-state index contributed by atoms with van der Waals surface area (Å²) in [6, 6.07) is 7.59. The van der Waals surface area contributed by atoms with E-state index in [1.54, 1.807) is 17.5 Å². The number of rotatable bonds is 3. The number of amides is 2. The number of benzene rings is 1. The summed E-state index contributed by atoms with van der Waals surface area (Å²) in [5.41, 5.74) is -0.318. The highest BCUT2D eigenvalue weighted by molar-refractivity contribution is 7.11. The van der Waals surface area contributed by atoms with Gasteiger partial charge in [0, 0.05) is 10.9 Å². The minimum absolute atomic E-state index is 0.134. The van der Waals surface area contributed by atoms with Crippen LogP contribution in [-0.2, 0) is 9.59 Å². The second-order valence-electron chi connectivity index (χ2n) is 4.69. The van der Waals surface area contributed by atoms with Gasteiger partial charge in [-0.3, -0.25) is 9.59 Å². The molecule has 0 radical (unpaired) electrons. The Morgan fingerprint density at radius 2 is 1.83 bits per heavy atom. The van der Waals surface area contributed by atoms with Crippen LogP contribution in [0.1, 0.15) is 4.88 Å². The molecule has 1 aliphatic heterocycles. The number of nitrogens with zero attached hydrogens (tertiary/aromatic N) is 1. The van der Waals surface area contributed by atoms with E-state index < -0.39 is 29.7 Å². The number of alkyl halides is 3. The Morgan fingerprint density at radius 3 is 2.46 bits per heavy atom. The number of aliphatic hydroxyl groups is 1. The van der Waals surface area contributed by atoms with Gasteiger partial charge in [0.2, 0.25) is 0 Å². The molecule has 1 aromatic carbocycles. The van der Waals surface area contributed by atoms with E-state index in [0.717, 1.165) is 23.5 Å². The fourth-order valence-corrected chi connectivity index (χ4v) is 2.98. The molecule has 1 N–H and O–H groups in total. The number of hydrogen-bond acceptors (Lipinski definition) is 5. The summed E-state index contributed by atoms with van der Waals surface area (Å²) >= 11 is 1.15. The van der Waals surface area contributed by atoms with Crippen molar-refractivity contribution < 1.29 is 32.6 Å². The lowest BCUT2D eigenvalue weighted by molar-refractivity contribution is -0.274. The largest absolute Gasteiger partial charge is 0.573 e. The zero-order valence-electron chi connectivity index (χ0n) is 11.7. The van der Waals surface area contributed by atoms with Crippen LogP contribution in [0.25, 0.3) is 5.57 Å². The van der Waals surface area contributed by atoms with Crippen LogP contribution in [-0.4, -0.2) is 23.3 Å². The molecule has 9 heteroatoms. The number of anilines is 1. The first-order valence-corrected chi connectivity index (χ1v) is 7.37. The van der Waals surface area contributed by atoms with Gasteiger partial charge in [0.05, 0.1) is 5.69 Å². The predicted octanol–water partition coefficient (Wildman–Crippen LogP) is 3.49. The molecule has 0 saturated carbocycles. The SMILES string of the molecule is O=C1C(O)=C(c2cccs2)C(=O)N1c1cccc(OC(F)(F)F)c1. The van der Waals surface area contributed by atoms with Gasteiger partial charge in [-0.05, 0) is 23.6 Å². The highest BCUT2D eigenvalue weighted by Gasteiger charge is 2.41. The maximum atomic E-state index is 12.5. The molecular weight excluding hydrogens is 347 g/mol. The highest BCUT2D eigenvalue weighted by Crippen LogP contribution is 2.35. The summed E-state index contributed by atoms with van der Waals surface area (Å²) in [6.45, 7) is 0. The Labute approximate surface area is 137 Å². The van der Waals surface area contributed by atoms with Crippen LogP contribution in [0.15, 0.2) is 47.5 Å². The number of imide groups is 1. The molecule has 0 spiro atoms. The smallest absolute Gasteiger partial charge is 0.502 e. The van der Waals surface area contributed by atoms with Gasteiger partial charge in [-0.15, -0.1) is 24.5 Å².